The number of hydrogen-bond donors (Lipinski definition) is 0. The Kier molecular flexibility index (Phi) is 23.3. The van der Waals surface area contributed by atoms with Gasteiger partial charge in [-0.25, -0.2) is 28.8 Å². The topological polar surface area (TPSA) is 267 Å². The number of piperidine rings is 2. The molecular formula is C54H65N3O18S2. The number of unbranched alkanes of at least 4 members (excludes halogenated alkanes) is 2. The molecule has 3 fully saturated rings. The van der Waals surface area contributed by atoms with Gasteiger partial charge in [-0.05, 0) is 109 Å². The van der Waals surface area contributed by atoms with E-state index in [1.807, 2.05) is 6.07 Å². The van der Waals surface area contributed by atoms with Gasteiger partial charge in [0, 0.05) is 50.3 Å². The predicted octanol–water partition coefficient (Wildman–Crippen LogP) is 7.83. The highest BCUT2D eigenvalue weighted by atomic mass is 32.2. The van der Waals surface area contributed by atoms with Crippen LogP contribution in [0, 0.1) is 29.1 Å². The summed E-state index contributed by atoms with van der Waals surface area (Å²) in [7, 11) is 0. The minimum absolute atomic E-state index is 0.0286. The molecule has 21 nitrogen and oxygen atoms in total. The molecule has 0 aromatic heterocycles. The maximum absolute atomic E-state index is 13.7. The van der Waals surface area contributed by atoms with Crippen LogP contribution in [-0.4, -0.2) is 135 Å². The molecule has 416 valence electrons. The maximum atomic E-state index is 13.7. The van der Waals surface area contributed by atoms with E-state index in [1.165, 1.54) is 12.1 Å². The summed E-state index contributed by atoms with van der Waals surface area (Å²) in [6.07, 6.45) is 8.33. The van der Waals surface area contributed by atoms with Crippen molar-refractivity contribution in [2.24, 2.45) is 17.8 Å². The van der Waals surface area contributed by atoms with Gasteiger partial charge in [0.25, 0.3) is 0 Å². The van der Waals surface area contributed by atoms with Gasteiger partial charge in [0.15, 0.2) is 5.57 Å². The van der Waals surface area contributed by atoms with E-state index in [1.54, 1.807) is 22.8 Å². The van der Waals surface area contributed by atoms with Gasteiger partial charge in [0.1, 0.15) is 29.8 Å². The smallest absolute Gasteiger partial charge is 0.409 e. The Bertz CT molecular complexity index is 2480. The number of ether oxygens (including phenoxy) is 9. The largest absolute Gasteiger partial charge is 0.463 e. The average Bonchev–Trinajstić information content (AvgIpc) is 3.94. The number of benzene rings is 1. The molecule has 1 aromatic rings. The molecule has 2 amide bonds. The Balaban J connectivity index is 0.959. The summed E-state index contributed by atoms with van der Waals surface area (Å²) in [6.45, 7) is 10.4. The standard InChI is InChI=1S/C54H65N3O18S2/c1-4-43(58)68-29-7-9-31-70-53(65)56-25-21-36(22-26-56)47(60)72-38-15-11-34(12-16-38)49(62)74-41-19-20-42(46-45(41)76-52(77-46)40(33-55)51(64)67-6-3)75-50(63)35-13-17-39(18-14-35)73-48(61)37-23-27-57(28-24-37)54(66)71-32-10-8-30-69-44(59)5-2/h4-5,11,19-20,35-39H,1-2,6-10,12-18,21-32H2,3H3/b52-40-. The zero-order valence-electron chi connectivity index (χ0n) is 43.2. The minimum atomic E-state index is -0.837. The van der Waals surface area contributed by atoms with E-state index in [2.05, 4.69) is 13.2 Å². The van der Waals surface area contributed by atoms with E-state index in [0.717, 1.165) is 35.7 Å². The van der Waals surface area contributed by atoms with Crippen LogP contribution in [0.3, 0.4) is 0 Å². The lowest BCUT2D eigenvalue weighted by Crippen LogP contribution is -2.41. The summed E-state index contributed by atoms with van der Waals surface area (Å²) in [5.74, 6) is -4.80. The van der Waals surface area contributed by atoms with E-state index >= 15 is 0 Å². The van der Waals surface area contributed by atoms with Gasteiger partial charge in [-0.1, -0.05) is 42.8 Å². The molecule has 3 heterocycles. The van der Waals surface area contributed by atoms with Crippen LogP contribution in [0.25, 0.3) is 0 Å². The quantitative estimate of drug-likeness (QED) is 0.0267. The van der Waals surface area contributed by atoms with E-state index in [9.17, 15) is 48.4 Å². The molecule has 1 unspecified atom stereocenters. The molecule has 23 heteroatoms. The van der Waals surface area contributed by atoms with E-state index in [-0.39, 0.29) is 85.0 Å². The Morgan fingerprint density at radius 3 is 1.53 bits per heavy atom. The predicted molar refractivity (Wildman–Crippen MR) is 274 cm³/mol. The van der Waals surface area contributed by atoms with Crippen molar-refractivity contribution in [2.75, 3.05) is 59.2 Å². The Morgan fingerprint density at radius 1 is 0.610 bits per heavy atom. The first-order chi connectivity index (χ1) is 37.2. The number of amides is 2. The lowest BCUT2D eigenvalue weighted by molar-refractivity contribution is -0.158. The van der Waals surface area contributed by atoms with Crippen molar-refractivity contribution < 1.29 is 85.8 Å². The minimum Gasteiger partial charge on any atom is -0.463 e. The molecule has 1 aromatic carbocycles. The maximum Gasteiger partial charge on any atom is 0.409 e. The number of carbonyl (C=O) groups is 9. The summed E-state index contributed by atoms with van der Waals surface area (Å²) < 4.78 is 49.5. The summed E-state index contributed by atoms with van der Waals surface area (Å²) in [5, 5.41) is 9.98. The average molecular weight is 1110 g/mol. The molecule has 3 aliphatic heterocycles. The third-order valence-electron chi connectivity index (χ3n) is 13.4. The number of likely N-dealkylation sites (tertiary alicyclic amines) is 2. The summed E-state index contributed by atoms with van der Waals surface area (Å²) in [5.41, 5.74) is 0.0988. The fourth-order valence-corrected chi connectivity index (χ4v) is 11.5. The molecule has 77 heavy (non-hydrogen) atoms. The number of nitrogens with zero attached hydrogens (tertiary/aromatic N) is 3. The van der Waals surface area contributed by atoms with E-state index in [0.29, 0.717) is 125 Å². The van der Waals surface area contributed by atoms with Gasteiger partial charge >= 0.3 is 54.0 Å². The van der Waals surface area contributed by atoms with Crippen molar-refractivity contribution in [3.8, 4) is 17.6 Å². The Labute approximate surface area is 455 Å². The van der Waals surface area contributed by atoms with Gasteiger partial charge in [0.05, 0.1) is 64.8 Å². The van der Waals surface area contributed by atoms with Gasteiger partial charge in [-0.2, -0.15) is 5.26 Å². The van der Waals surface area contributed by atoms with Crippen molar-refractivity contribution in [1.29, 1.82) is 5.26 Å². The number of esters is 7. The second kappa shape index (κ2) is 30.2. The first-order valence-corrected chi connectivity index (χ1v) is 27.6. The summed E-state index contributed by atoms with van der Waals surface area (Å²) in [4.78, 5) is 118. The van der Waals surface area contributed by atoms with Crippen molar-refractivity contribution >= 4 is 77.5 Å². The van der Waals surface area contributed by atoms with Crippen LogP contribution in [0.1, 0.15) is 103 Å². The van der Waals surface area contributed by atoms with Gasteiger partial charge < -0.3 is 52.4 Å². The van der Waals surface area contributed by atoms with Crippen molar-refractivity contribution in [3.05, 3.63) is 58.9 Å². The number of nitriles is 1. The van der Waals surface area contributed by atoms with Crippen LogP contribution in [0.5, 0.6) is 11.5 Å². The highest BCUT2D eigenvalue weighted by Gasteiger charge is 2.37. The SMILES string of the molecule is C=CC(=O)OCCCCOC(=O)N1CCC(C(=O)OC2CC=C(C(=O)Oc3ccc(OC(=O)C4CCC(OC(=O)C5CCN(C(=O)OCCCCOC(=O)C=C)CC5)CC4)c4c3S/C(=C(\C#N)C(=O)OCC)S4)CC2)CC1. The van der Waals surface area contributed by atoms with Crippen LogP contribution < -0.4 is 9.47 Å². The van der Waals surface area contributed by atoms with Crippen molar-refractivity contribution in [2.45, 2.75) is 125 Å². The molecule has 0 bridgehead atoms. The second-order valence-electron chi connectivity index (χ2n) is 18.6. The van der Waals surface area contributed by atoms with Crippen molar-refractivity contribution in [1.82, 2.24) is 9.80 Å². The summed E-state index contributed by atoms with van der Waals surface area (Å²) >= 11 is 2.03. The molecule has 0 N–H and O–H groups in total. The fourth-order valence-electron chi connectivity index (χ4n) is 8.93. The molecule has 2 saturated heterocycles. The number of rotatable bonds is 22. The molecule has 1 atom stereocenters. The number of hydrogen-bond acceptors (Lipinski definition) is 21. The molecular weight excluding hydrogens is 1040 g/mol. The van der Waals surface area contributed by atoms with E-state index in [4.69, 9.17) is 42.6 Å². The van der Waals surface area contributed by atoms with Crippen LogP contribution in [0.15, 0.2) is 68.7 Å². The molecule has 2 aliphatic carbocycles. The zero-order chi connectivity index (χ0) is 55.3. The Hall–Kier alpha value is -6.80. The monoisotopic (exact) mass is 1110 g/mol. The van der Waals surface area contributed by atoms with Crippen LogP contribution in [0.4, 0.5) is 9.59 Å². The third kappa shape index (κ3) is 17.6. The number of carbonyl (C=O) groups excluding carboxylic acids is 9. The van der Waals surface area contributed by atoms with Crippen LogP contribution >= 0.6 is 23.5 Å². The molecule has 5 aliphatic rings. The molecule has 1 saturated carbocycles. The normalized spacial score (nSPS) is 20.1. The van der Waals surface area contributed by atoms with E-state index < -0.39 is 66.1 Å². The summed E-state index contributed by atoms with van der Waals surface area (Å²) in [6, 6.07) is 4.88. The lowest BCUT2D eigenvalue weighted by atomic mass is 9.87. The number of thioether (sulfide) groups is 2. The molecule has 0 spiro atoms. The van der Waals surface area contributed by atoms with Crippen LogP contribution in [-0.2, 0) is 66.7 Å². The van der Waals surface area contributed by atoms with Gasteiger partial charge in [0.2, 0.25) is 0 Å². The van der Waals surface area contributed by atoms with Gasteiger partial charge in [-0.3, -0.25) is 14.4 Å². The first-order valence-electron chi connectivity index (χ1n) is 26.0. The first kappa shape index (κ1) is 59.4. The Morgan fingerprint density at radius 2 is 1.08 bits per heavy atom. The third-order valence-corrected chi connectivity index (χ3v) is 16.0. The molecule has 0 radical (unpaired) electrons. The van der Waals surface area contributed by atoms with Gasteiger partial charge in [-0.15, -0.1) is 0 Å². The second-order valence-corrected chi connectivity index (χ2v) is 20.9. The fraction of sp³-hybridized carbons (Fsp3) is 0.556. The zero-order valence-corrected chi connectivity index (χ0v) is 44.8. The molecule has 6 rings (SSSR count). The highest BCUT2D eigenvalue weighted by molar-refractivity contribution is 8.24. The van der Waals surface area contributed by atoms with Crippen LogP contribution in [0.2, 0.25) is 0 Å². The number of fused-ring (bicyclic) bond motifs is 1. The van der Waals surface area contributed by atoms with Crippen molar-refractivity contribution in [3.63, 3.8) is 0 Å². The lowest BCUT2D eigenvalue weighted by Gasteiger charge is -2.32. The highest BCUT2D eigenvalue weighted by Crippen LogP contribution is 2.59.